The Labute approximate surface area is 376 Å². The summed E-state index contributed by atoms with van der Waals surface area (Å²) >= 11 is 0. The second kappa shape index (κ2) is 23.6. The second-order valence-electron chi connectivity index (χ2n) is 14.9. The SMILES string of the molecule is CNC(=O)c1cnc(Nc2ccc([C@H]3CNCCO3)cc2)nc1.Cc1cnc(Nc2ccc([C@@H]3CNCCO3)cc2)cn1.O=C(O)c1cnc(Nc2ccc([C@@H]3CNCCO3)cc2)nc1. The normalized spacial score (nSPS) is 18.0. The van der Waals surface area contributed by atoms with Gasteiger partial charge in [0, 0.05) is 88.2 Å². The number of carboxylic acid groups (broad SMARTS) is 1. The number of carboxylic acids is 1. The van der Waals surface area contributed by atoms with Crippen molar-refractivity contribution in [3.8, 4) is 0 Å². The third-order valence-corrected chi connectivity index (χ3v) is 10.2. The Morgan fingerprint density at radius 1 is 0.538 bits per heavy atom. The number of aromatic nitrogens is 6. The fourth-order valence-corrected chi connectivity index (χ4v) is 6.70. The molecule has 3 aromatic heterocycles. The molecule has 6 aromatic rings. The standard InChI is InChI=1S/C16H19N5O2.C15H16N4O3.C15H18N4O/c1-17-15(22)12-8-19-16(20-9-12)21-13-4-2-11(3-5-13)14-10-18-6-7-23-14;20-14(21)11-7-17-15(18-8-11)19-12-3-1-10(2-4-12)13-9-16-5-6-22-13;1-11-8-18-15(10-17-11)19-13-4-2-12(3-5-13)14-9-16-6-7-20-14/h2-5,8-9,14,18H,6-7,10H2,1H3,(H,17,22)(H,19,20,21);1-4,7-8,13,16H,5-6,9H2,(H,20,21)(H,17,18,19);2-5,8,10,14,16H,6-7,9H2,1H3,(H,18,19)/t14-;13-;14-/m100/s1. The van der Waals surface area contributed by atoms with Gasteiger partial charge in [0.1, 0.15) is 5.82 Å². The summed E-state index contributed by atoms with van der Waals surface area (Å²) in [6, 6.07) is 24.0. The number of nitrogens with one attached hydrogen (secondary N) is 7. The predicted molar refractivity (Wildman–Crippen MR) is 245 cm³/mol. The smallest absolute Gasteiger partial charge is 0.338 e. The third-order valence-electron chi connectivity index (χ3n) is 10.2. The average Bonchev–Trinajstić information content (AvgIpc) is 3.37. The van der Waals surface area contributed by atoms with Crippen LogP contribution in [0.3, 0.4) is 0 Å². The minimum atomic E-state index is -1.04. The van der Waals surface area contributed by atoms with Gasteiger partial charge in [-0.15, -0.1) is 0 Å². The summed E-state index contributed by atoms with van der Waals surface area (Å²) in [6.45, 7) is 9.37. The van der Waals surface area contributed by atoms with E-state index in [9.17, 15) is 9.59 Å². The molecule has 3 fully saturated rings. The summed E-state index contributed by atoms with van der Waals surface area (Å²) in [6.07, 6.45) is 9.33. The fraction of sp³-hybridized carbons (Fsp3) is 0.304. The van der Waals surface area contributed by atoms with E-state index in [1.165, 1.54) is 30.4 Å². The van der Waals surface area contributed by atoms with Crippen molar-refractivity contribution in [2.24, 2.45) is 0 Å². The highest BCUT2D eigenvalue weighted by molar-refractivity contribution is 5.93. The third kappa shape index (κ3) is 14.0. The number of carbonyl (C=O) groups is 2. The van der Waals surface area contributed by atoms with E-state index < -0.39 is 5.97 Å². The molecule has 9 rings (SSSR count). The molecule has 8 N–H and O–H groups in total. The van der Waals surface area contributed by atoms with Crippen molar-refractivity contribution >= 4 is 46.7 Å². The molecule has 19 nitrogen and oxygen atoms in total. The Balaban J connectivity index is 0.000000146. The van der Waals surface area contributed by atoms with Gasteiger partial charge in [0.25, 0.3) is 5.91 Å². The number of ether oxygens (including phenoxy) is 3. The second-order valence-corrected chi connectivity index (χ2v) is 14.9. The van der Waals surface area contributed by atoms with E-state index in [4.69, 9.17) is 19.3 Å². The molecular weight excluding hydrogens is 831 g/mol. The first-order chi connectivity index (χ1) is 31.8. The van der Waals surface area contributed by atoms with E-state index in [1.807, 2.05) is 67.6 Å². The number of hydrogen-bond donors (Lipinski definition) is 8. The molecule has 19 heteroatoms. The van der Waals surface area contributed by atoms with Gasteiger partial charge in [-0.2, -0.15) is 0 Å². The predicted octanol–water partition coefficient (Wildman–Crippen LogP) is 5.01. The van der Waals surface area contributed by atoms with Gasteiger partial charge in [0.2, 0.25) is 11.9 Å². The summed E-state index contributed by atoms with van der Waals surface area (Å²) in [5.41, 5.74) is 7.54. The summed E-state index contributed by atoms with van der Waals surface area (Å²) in [7, 11) is 1.57. The summed E-state index contributed by atoms with van der Waals surface area (Å²) in [5, 5.41) is 30.6. The highest BCUT2D eigenvalue weighted by Gasteiger charge is 2.18. The largest absolute Gasteiger partial charge is 0.478 e. The van der Waals surface area contributed by atoms with Gasteiger partial charge in [-0.3, -0.25) is 9.78 Å². The van der Waals surface area contributed by atoms with E-state index in [2.05, 4.69) is 79.3 Å². The van der Waals surface area contributed by atoms with Crippen LogP contribution in [0.1, 0.15) is 61.4 Å². The molecule has 3 aromatic carbocycles. The molecule has 0 radical (unpaired) electrons. The van der Waals surface area contributed by atoms with Gasteiger partial charge < -0.3 is 56.5 Å². The molecule has 65 heavy (non-hydrogen) atoms. The minimum absolute atomic E-state index is 0.0582. The zero-order valence-corrected chi connectivity index (χ0v) is 36.2. The first-order valence-corrected chi connectivity index (χ1v) is 21.3. The van der Waals surface area contributed by atoms with Crippen LogP contribution >= 0.6 is 0 Å². The lowest BCUT2D eigenvalue weighted by molar-refractivity contribution is 0.0276. The van der Waals surface area contributed by atoms with Crippen molar-refractivity contribution in [2.75, 3.05) is 82.1 Å². The number of aryl methyl sites for hydroxylation is 1. The van der Waals surface area contributed by atoms with Gasteiger partial charge in [0.15, 0.2) is 0 Å². The van der Waals surface area contributed by atoms with E-state index in [1.54, 1.807) is 19.4 Å². The summed E-state index contributed by atoms with van der Waals surface area (Å²) in [4.78, 5) is 46.9. The first kappa shape index (κ1) is 46.0. The van der Waals surface area contributed by atoms with Crippen LogP contribution in [0.25, 0.3) is 0 Å². The van der Waals surface area contributed by atoms with Crippen LogP contribution in [-0.2, 0) is 14.2 Å². The number of aromatic carboxylic acids is 1. The quantitative estimate of drug-likeness (QED) is 0.0853. The molecule has 0 aliphatic carbocycles. The molecule has 0 bridgehead atoms. The van der Waals surface area contributed by atoms with Crippen molar-refractivity contribution < 1.29 is 28.9 Å². The lowest BCUT2D eigenvalue weighted by atomic mass is 10.1. The number of anilines is 6. The number of hydrogen-bond acceptors (Lipinski definition) is 17. The molecule has 1 amide bonds. The lowest BCUT2D eigenvalue weighted by Gasteiger charge is -2.24. The zero-order valence-electron chi connectivity index (χ0n) is 36.2. The molecule has 0 saturated carbocycles. The van der Waals surface area contributed by atoms with Crippen LogP contribution in [0.4, 0.5) is 34.8 Å². The van der Waals surface area contributed by atoms with Crippen molar-refractivity contribution in [1.82, 2.24) is 51.2 Å². The van der Waals surface area contributed by atoms with Gasteiger partial charge in [-0.1, -0.05) is 36.4 Å². The maximum absolute atomic E-state index is 11.4. The van der Waals surface area contributed by atoms with Crippen molar-refractivity contribution in [1.29, 1.82) is 0 Å². The molecule has 0 spiro atoms. The zero-order chi connectivity index (χ0) is 45.2. The number of rotatable bonds is 11. The van der Waals surface area contributed by atoms with Crippen LogP contribution in [-0.4, -0.2) is 113 Å². The van der Waals surface area contributed by atoms with Crippen molar-refractivity contribution in [3.63, 3.8) is 0 Å². The van der Waals surface area contributed by atoms with E-state index >= 15 is 0 Å². The van der Waals surface area contributed by atoms with Gasteiger partial charge in [-0.05, 0) is 60.0 Å². The molecule has 6 heterocycles. The van der Waals surface area contributed by atoms with Gasteiger partial charge in [0.05, 0.1) is 67.3 Å². The molecule has 3 saturated heterocycles. The first-order valence-electron chi connectivity index (χ1n) is 21.3. The molecule has 3 aliphatic heterocycles. The summed E-state index contributed by atoms with van der Waals surface area (Å²) in [5.74, 6) is 0.298. The number of morpholine rings is 3. The molecule has 338 valence electrons. The molecule has 0 unspecified atom stereocenters. The number of benzene rings is 3. The van der Waals surface area contributed by atoms with E-state index in [0.717, 1.165) is 92.2 Å². The van der Waals surface area contributed by atoms with Crippen molar-refractivity contribution in [3.05, 3.63) is 143 Å². The van der Waals surface area contributed by atoms with Crippen LogP contribution in [0.5, 0.6) is 0 Å². The fourth-order valence-electron chi connectivity index (χ4n) is 6.70. The van der Waals surface area contributed by atoms with E-state index in [-0.39, 0.29) is 29.8 Å². The maximum atomic E-state index is 11.4. The summed E-state index contributed by atoms with van der Waals surface area (Å²) < 4.78 is 17.1. The van der Waals surface area contributed by atoms with Crippen LogP contribution in [0.15, 0.2) is 110 Å². The molecule has 3 aliphatic rings. The minimum Gasteiger partial charge on any atom is -0.478 e. The highest BCUT2D eigenvalue weighted by atomic mass is 16.5. The van der Waals surface area contributed by atoms with Crippen molar-refractivity contribution in [2.45, 2.75) is 25.2 Å². The Kier molecular flexibility index (Phi) is 16.7. The van der Waals surface area contributed by atoms with Crippen LogP contribution in [0, 0.1) is 6.92 Å². The number of nitrogens with zero attached hydrogens (tertiary/aromatic N) is 6. The Morgan fingerprint density at radius 2 is 0.938 bits per heavy atom. The monoisotopic (exact) mass is 883 g/mol. The Morgan fingerprint density at radius 3 is 1.28 bits per heavy atom. The van der Waals surface area contributed by atoms with E-state index in [0.29, 0.717) is 24.1 Å². The van der Waals surface area contributed by atoms with Gasteiger partial charge in [-0.25, -0.2) is 29.7 Å². The Hall–Kier alpha value is -7.00. The topological polar surface area (TPSA) is 244 Å². The highest BCUT2D eigenvalue weighted by Crippen LogP contribution is 2.24. The molecular formula is C46H53N13O6. The lowest BCUT2D eigenvalue weighted by Crippen LogP contribution is -2.33. The molecule has 3 atom stereocenters. The maximum Gasteiger partial charge on any atom is 0.338 e. The Bertz CT molecular complexity index is 2380. The number of carbonyl (C=O) groups excluding carboxylic acids is 1. The van der Waals surface area contributed by atoms with Crippen LogP contribution < -0.4 is 37.2 Å². The number of amides is 1. The van der Waals surface area contributed by atoms with Crippen LogP contribution in [0.2, 0.25) is 0 Å². The van der Waals surface area contributed by atoms with Gasteiger partial charge >= 0.3 is 5.97 Å². The average molecular weight is 884 g/mol.